The molecule has 0 bridgehead atoms. The van der Waals surface area contributed by atoms with Gasteiger partial charge in [-0.2, -0.15) is 0 Å². The van der Waals surface area contributed by atoms with Gasteiger partial charge in [-0.15, -0.1) is 0 Å². The van der Waals surface area contributed by atoms with E-state index >= 15 is 0 Å². The van der Waals surface area contributed by atoms with E-state index in [9.17, 15) is 4.21 Å². The van der Waals surface area contributed by atoms with E-state index in [1.54, 1.807) is 6.26 Å². The van der Waals surface area contributed by atoms with E-state index in [4.69, 9.17) is 0 Å². The van der Waals surface area contributed by atoms with Crippen LogP contribution in [0.2, 0.25) is 0 Å². The van der Waals surface area contributed by atoms with Crippen LogP contribution in [0.1, 0.15) is 27.2 Å². The van der Waals surface area contributed by atoms with Crippen LogP contribution in [0, 0.1) is 11.8 Å². The van der Waals surface area contributed by atoms with E-state index < -0.39 is 9.52 Å². The van der Waals surface area contributed by atoms with Gasteiger partial charge in [0.2, 0.25) is 0 Å². The molecule has 0 aromatic carbocycles. The summed E-state index contributed by atoms with van der Waals surface area (Å²) < 4.78 is 11.3. The van der Waals surface area contributed by atoms with E-state index in [1.807, 2.05) is 0 Å². The molecule has 0 aromatic rings. The lowest BCUT2D eigenvalue weighted by molar-refractivity contribution is 0.471. The number of rotatable bonds is 4. The van der Waals surface area contributed by atoms with Gasteiger partial charge in [-0.1, -0.05) is 20.8 Å². The van der Waals surface area contributed by atoms with E-state index in [0.717, 1.165) is 12.2 Å². The largest absolute Gasteiger partial charge is 0.268 e. The molecular weight excluding hydrogens is 156 g/mol. The Morgan fingerprint density at radius 2 is 1.82 bits per heavy atom. The fourth-order valence-corrected chi connectivity index (χ4v) is 2.81. The second-order valence-electron chi connectivity index (χ2n) is 4.09. The summed E-state index contributed by atoms with van der Waals surface area (Å²) in [6.07, 6.45) is 2.89. The minimum atomic E-state index is -1.77. The Labute approximate surface area is 71.2 Å². The van der Waals surface area contributed by atoms with Crippen LogP contribution in [-0.4, -0.2) is 22.1 Å². The number of hydrogen-bond donors (Lipinski definition) is 0. The highest BCUT2D eigenvalue weighted by molar-refractivity contribution is 7.99. The van der Waals surface area contributed by atoms with Gasteiger partial charge in [-0.25, -0.2) is 0 Å². The Balaban J connectivity index is 3.80. The lowest BCUT2D eigenvalue weighted by Gasteiger charge is -2.14. The zero-order valence-corrected chi connectivity index (χ0v) is 8.91. The maximum absolute atomic E-state index is 11.3. The molecule has 0 amide bonds. The normalized spacial score (nSPS) is 19.7. The first-order valence-electron chi connectivity index (χ1n) is 4.11. The Hall–Kier alpha value is 0.0200. The molecule has 1 nitrogen and oxygen atoms in total. The molecule has 0 aliphatic heterocycles. The Bertz CT molecular complexity index is 190. The molecule has 0 aliphatic carbocycles. The van der Waals surface area contributed by atoms with Gasteiger partial charge in [0.25, 0.3) is 0 Å². The second kappa shape index (κ2) is 4.15. The van der Waals surface area contributed by atoms with Crippen molar-refractivity contribution in [1.29, 1.82) is 0 Å². The van der Waals surface area contributed by atoms with Crippen LogP contribution >= 0.6 is 0 Å². The minimum absolute atomic E-state index is 0.546. The molecule has 1 unspecified atom stereocenters. The van der Waals surface area contributed by atoms with Gasteiger partial charge in [0, 0.05) is 12.0 Å². The molecule has 0 aliphatic rings. The van der Waals surface area contributed by atoms with Crippen LogP contribution in [-0.2, 0) is 9.52 Å². The Morgan fingerprint density at radius 1 is 1.36 bits per heavy atom. The summed E-state index contributed by atoms with van der Waals surface area (Å²) in [5.74, 6) is 5.66. The van der Waals surface area contributed by atoms with E-state index in [-0.39, 0.29) is 0 Å². The summed E-state index contributed by atoms with van der Waals surface area (Å²) in [5.41, 5.74) is 0. The Kier molecular flexibility index (Phi) is 4.16. The third-order valence-electron chi connectivity index (χ3n) is 1.51. The summed E-state index contributed by atoms with van der Waals surface area (Å²) in [4.78, 5) is 0. The smallest absolute Gasteiger partial charge is 0.0182 e. The molecule has 68 valence electrons. The second-order valence-corrected chi connectivity index (χ2v) is 6.79. The Morgan fingerprint density at radius 3 is 2.09 bits per heavy atom. The van der Waals surface area contributed by atoms with Crippen molar-refractivity contribution >= 4 is 15.4 Å². The predicted octanol–water partition coefficient (Wildman–Crippen LogP) is 2.01. The van der Waals surface area contributed by atoms with Crippen molar-refractivity contribution in [2.24, 2.45) is 11.8 Å². The molecule has 0 rings (SSSR count). The van der Waals surface area contributed by atoms with Crippen molar-refractivity contribution in [1.82, 2.24) is 0 Å². The van der Waals surface area contributed by atoms with Crippen molar-refractivity contribution < 1.29 is 4.21 Å². The summed E-state index contributed by atoms with van der Waals surface area (Å²) in [6, 6.07) is 0. The summed E-state index contributed by atoms with van der Waals surface area (Å²) in [6.45, 7) is 6.53. The average Bonchev–Trinajstić information content (AvgIpc) is 1.53. The van der Waals surface area contributed by atoms with Crippen molar-refractivity contribution in [2.45, 2.75) is 27.2 Å². The van der Waals surface area contributed by atoms with Crippen molar-refractivity contribution in [2.75, 3.05) is 12.0 Å². The van der Waals surface area contributed by atoms with E-state index in [1.165, 1.54) is 0 Å². The highest BCUT2D eigenvalue weighted by Crippen LogP contribution is 2.12. The maximum atomic E-state index is 11.3. The fourth-order valence-electron chi connectivity index (χ4n) is 1.47. The molecule has 0 spiro atoms. The van der Waals surface area contributed by atoms with Crippen molar-refractivity contribution in [3.8, 4) is 0 Å². The van der Waals surface area contributed by atoms with Gasteiger partial charge < -0.3 is 0 Å². The summed E-state index contributed by atoms with van der Waals surface area (Å²) in [7, 11) is -1.77. The first-order chi connectivity index (χ1) is 4.81. The van der Waals surface area contributed by atoms with Gasteiger partial charge in [-0.05, 0) is 33.6 Å². The molecule has 11 heavy (non-hydrogen) atoms. The SMILES string of the molecule is C=S(C)(=O)C[C@H](C)CC(C)C. The molecule has 0 aromatic heterocycles. The highest BCUT2D eigenvalue weighted by atomic mass is 32.2. The molecule has 0 saturated carbocycles. The van der Waals surface area contributed by atoms with Crippen LogP contribution in [0.4, 0.5) is 0 Å². The molecule has 0 fully saturated rings. The monoisotopic (exact) mass is 176 g/mol. The van der Waals surface area contributed by atoms with Gasteiger partial charge in [0.15, 0.2) is 0 Å². The van der Waals surface area contributed by atoms with Crippen molar-refractivity contribution in [3.05, 3.63) is 0 Å². The van der Waals surface area contributed by atoms with Gasteiger partial charge in [0.05, 0.1) is 0 Å². The van der Waals surface area contributed by atoms with Crippen LogP contribution < -0.4 is 0 Å². The summed E-state index contributed by atoms with van der Waals surface area (Å²) >= 11 is 0. The molecule has 0 radical (unpaired) electrons. The molecule has 0 N–H and O–H groups in total. The molecule has 2 atom stereocenters. The maximum Gasteiger partial charge on any atom is 0.0182 e. The lowest BCUT2D eigenvalue weighted by Crippen LogP contribution is -2.13. The third-order valence-corrected chi connectivity index (χ3v) is 2.79. The van der Waals surface area contributed by atoms with E-state index in [0.29, 0.717) is 11.8 Å². The number of hydrogen-bond acceptors (Lipinski definition) is 1. The van der Waals surface area contributed by atoms with Crippen LogP contribution in [0.3, 0.4) is 0 Å². The lowest BCUT2D eigenvalue weighted by atomic mass is 10.0. The fraction of sp³-hybridized carbons (Fsp3) is 0.889. The molecule has 0 heterocycles. The minimum Gasteiger partial charge on any atom is -0.268 e. The predicted molar refractivity (Wildman–Crippen MR) is 54.7 cm³/mol. The quantitative estimate of drug-likeness (QED) is 0.599. The van der Waals surface area contributed by atoms with Gasteiger partial charge >= 0.3 is 0 Å². The first-order valence-corrected chi connectivity index (χ1v) is 6.41. The van der Waals surface area contributed by atoms with Gasteiger partial charge in [-0.3, -0.25) is 4.21 Å². The van der Waals surface area contributed by atoms with Crippen molar-refractivity contribution in [3.63, 3.8) is 0 Å². The van der Waals surface area contributed by atoms with Crippen LogP contribution in [0.15, 0.2) is 0 Å². The first kappa shape index (κ1) is 11.0. The summed E-state index contributed by atoms with van der Waals surface area (Å²) in [5, 5.41) is 0. The van der Waals surface area contributed by atoms with Crippen LogP contribution in [0.5, 0.6) is 0 Å². The highest BCUT2D eigenvalue weighted by Gasteiger charge is 2.07. The topological polar surface area (TPSA) is 17.1 Å². The molecular formula is C9H20OS. The van der Waals surface area contributed by atoms with Crippen LogP contribution in [0.25, 0.3) is 0 Å². The zero-order chi connectivity index (χ0) is 9.07. The van der Waals surface area contributed by atoms with E-state index in [2.05, 4.69) is 26.6 Å². The molecule has 0 saturated heterocycles. The third kappa shape index (κ3) is 7.92. The van der Waals surface area contributed by atoms with Gasteiger partial charge in [0.1, 0.15) is 0 Å². The average molecular weight is 176 g/mol. The standard InChI is InChI=1S/C9H20OS/c1-8(2)6-9(3)7-11(4,5)10/h8-9H,4,6-7H2,1-3,5H3/t9-,11?/m1/s1. The molecule has 2 heteroatoms. The zero-order valence-electron chi connectivity index (χ0n) is 8.09.